The highest BCUT2D eigenvalue weighted by Crippen LogP contribution is 2.13. The normalized spacial score (nSPS) is 13.1. The van der Waals surface area contributed by atoms with Crippen molar-refractivity contribution in [2.45, 2.75) is 26.2 Å². The van der Waals surface area contributed by atoms with E-state index in [4.69, 9.17) is 9.47 Å². The summed E-state index contributed by atoms with van der Waals surface area (Å²) in [5.41, 5.74) is 2.56. The lowest BCUT2D eigenvalue weighted by Crippen LogP contribution is -2.31. The minimum atomic E-state index is -0.188. The molecule has 90 valence electrons. The van der Waals surface area contributed by atoms with Crippen molar-refractivity contribution in [1.29, 1.82) is 0 Å². The van der Waals surface area contributed by atoms with Crippen molar-refractivity contribution < 1.29 is 9.47 Å². The highest BCUT2D eigenvalue weighted by molar-refractivity contribution is 5.24. The Balaban J connectivity index is 2.49. The number of nitrogens with one attached hydrogen (secondary N) is 1. The molecule has 0 aromatic heterocycles. The van der Waals surface area contributed by atoms with Gasteiger partial charge in [-0.1, -0.05) is 29.8 Å². The third-order valence-electron chi connectivity index (χ3n) is 2.66. The van der Waals surface area contributed by atoms with Crippen molar-refractivity contribution >= 4 is 0 Å². The zero-order valence-electron chi connectivity index (χ0n) is 10.5. The van der Waals surface area contributed by atoms with Crippen LogP contribution in [-0.2, 0) is 9.47 Å². The summed E-state index contributed by atoms with van der Waals surface area (Å²) in [6.45, 7) is 4.92. The van der Waals surface area contributed by atoms with Gasteiger partial charge < -0.3 is 14.8 Å². The molecule has 0 amide bonds. The van der Waals surface area contributed by atoms with Crippen LogP contribution in [0.4, 0.5) is 0 Å². The molecular formula is C13H21NO2. The van der Waals surface area contributed by atoms with Crippen LogP contribution in [0.25, 0.3) is 0 Å². The summed E-state index contributed by atoms with van der Waals surface area (Å²) in [7, 11) is 3.29. The lowest BCUT2D eigenvalue weighted by Gasteiger charge is -2.19. The minimum Gasteiger partial charge on any atom is -0.355 e. The Morgan fingerprint density at radius 2 is 1.94 bits per heavy atom. The van der Waals surface area contributed by atoms with Crippen LogP contribution in [0.3, 0.4) is 0 Å². The van der Waals surface area contributed by atoms with E-state index >= 15 is 0 Å². The fourth-order valence-corrected chi connectivity index (χ4v) is 1.59. The zero-order valence-corrected chi connectivity index (χ0v) is 10.5. The largest absolute Gasteiger partial charge is 0.355 e. The molecule has 0 saturated heterocycles. The van der Waals surface area contributed by atoms with E-state index in [-0.39, 0.29) is 6.29 Å². The molecule has 1 atom stereocenters. The molecular weight excluding hydrogens is 202 g/mol. The van der Waals surface area contributed by atoms with E-state index < -0.39 is 0 Å². The molecule has 1 aromatic carbocycles. The van der Waals surface area contributed by atoms with Crippen molar-refractivity contribution in [3.8, 4) is 0 Å². The summed E-state index contributed by atoms with van der Waals surface area (Å²) in [6.07, 6.45) is -0.188. The predicted octanol–water partition coefficient (Wildman–Crippen LogP) is 2.26. The molecule has 0 unspecified atom stereocenters. The molecule has 0 fully saturated rings. The second-order valence-corrected chi connectivity index (χ2v) is 3.95. The van der Waals surface area contributed by atoms with Gasteiger partial charge in [-0.3, -0.25) is 0 Å². The summed E-state index contributed by atoms with van der Waals surface area (Å²) < 4.78 is 10.2. The lowest BCUT2D eigenvalue weighted by atomic mass is 10.1. The summed E-state index contributed by atoms with van der Waals surface area (Å²) in [5.74, 6) is 0. The third kappa shape index (κ3) is 3.93. The molecule has 0 aliphatic heterocycles. The van der Waals surface area contributed by atoms with Gasteiger partial charge in [0.15, 0.2) is 6.29 Å². The summed E-state index contributed by atoms with van der Waals surface area (Å²) in [5, 5.41) is 3.38. The van der Waals surface area contributed by atoms with Crippen molar-refractivity contribution in [2.75, 3.05) is 20.8 Å². The zero-order chi connectivity index (χ0) is 12.0. The smallest absolute Gasteiger partial charge is 0.169 e. The van der Waals surface area contributed by atoms with Crippen LogP contribution in [0.2, 0.25) is 0 Å². The van der Waals surface area contributed by atoms with Gasteiger partial charge in [-0.25, -0.2) is 0 Å². The van der Waals surface area contributed by atoms with Gasteiger partial charge in [-0.2, -0.15) is 0 Å². The SMILES string of the molecule is COC(CN[C@H](C)c1cccc(C)c1)OC. The highest BCUT2D eigenvalue weighted by atomic mass is 16.7. The van der Waals surface area contributed by atoms with Gasteiger partial charge in [0, 0.05) is 26.8 Å². The number of aryl methyl sites for hydroxylation is 1. The van der Waals surface area contributed by atoms with Crippen molar-refractivity contribution in [3.63, 3.8) is 0 Å². The van der Waals surface area contributed by atoms with E-state index in [1.165, 1.54) is 11.1 Å². The van der Waals surface area contributed by atoms with Crippen LogP contribution < -0.4 is 5.32 Å². The molecule has 0 bridgehead atoms. The van der Waals surface area contributed by atoms with Crippen LogP contribution >= 0.6 is 0 Å². The van der Waals surface area contributed by atoms with Gasteiger partial charge in [0.2, 0.25) is 0 Å². The monoisotopic (exact) mass is 223 g/mol. The van der Waals surface area contributed by atoms with Crippen LogP contribution in [-0.4, -0.2) is 27.1 Å². The van der Waals surface area contributed by atoms with E-state index in [0.717, 1.165) is 0 Å². The van der Waals surface area contributed by atoms with Crippen LogP contribution in [0.5, 0.6) is 0 Å². The average molecular weight is 223 g/mol. The van der Waals surface area contributed by atoms with E-state index in [0.29, 0.717) is 12.6 Å². The number of rotatable bonds is 6. The molecule has 0 saturated carbocycles. The number of ether oxygens (including phenoxy) is 2. The first-order valence-electron chi connectivity index (χ1n) is 5.53. The Kier molecular flexibility index (Phi) is 5.46. The predicted molar refractivity (Wildman–Crippen MR) is 65.4 cm³/mol. The maximum absolute atomic E-state index is 5.12. The molecule has 16 heavy (non-hydrogen) atoms. The first-order chi connectivity index (χ1) is 7.67. The number of methoxy groups -OCH3 is 2. The van der Waals surface area contributed by atoms with Crippen LogP contribution in [0.15, 0.2) is 24.3 Å². The van der Waals surface area contributed by atoms with Gasteiger partial charge in [0.1, 0.15) is 0 Å². The van der Waals surface area contributed by atoms with Gasteiger partial charge in [-0.15, -0.1) is 0 Å². The molecule has 1 rings (SSSR count). The molecule has 3 nitrogen and oxygen atoms in total. The fourth-order valence-electron chi connectivity index (χ4n) is 1.59. The molecule has 1 aromatic rings. The van der Waals surface area contributed by atoms with Gasteiger partial charge >= 0.3 is 0 Å². The van der Waals surface area contributed by atoms with Crippen molar-refractivity contribution in [3.05, 3.63) is 35.4 Å². The maximum Gasteiger partial charge on any atom is 0.169 e. The second kappa shape index (κ2) is 6.63. The first kappa shape index (κ1) is 13.2. The molecule has 0 spiro atoms. The Hall–Kier alpha value is -0.900. The van der Waals surface area contributed by atoms with E-state index in [9.17, 15) is 0 Å². The van der Waals surface area contributed by atoms with E-state index in [1.807, 2.05) is 0 Å². The number of benzene rings is 1. The van der Waals surface area contributed by atoms with Gasteiger partial charge in [-0.05, 0) is 19.4 Å². The standard InChI is InChI=1S/C13H21NO2/c1-10-6-5-7-12(8-10)11(2)14-9-13(15-3)16-4/h5-8,11,13-14H,9H2,1-4H3/t11-/m1/s1. The van der Waals surface area contributed by atoms with Gasteiger partial charge in [0.05, 0.1) is 0 Å². The molecule has 0 aliphatic carbocycles. The Morgan fingerprint density at radius 3 is 2.50 bits per heavy atom. The first-order valence-corrected chi connectivity index (χ1v) is 5.53. The maximum atomic E-state index is 5.12. The Bertz CT molecular complexity index is 311. The van der Waals surface area contributed by atoms with Crippen LogP contribution in [0.1, 0.15) is 24.1 Å². The van der Waals surface area contributed by atoms with Gasteiger partial charge in [0.25, 0.3) is 0 Å². The minimum absolute atomic E-state index is 0.188. The Labute approximate surface area is 97.8 Å². The van der Waals surface area contributed by atoms with Crippen molar-refractivity contribution in [2.24, 2.45) is 0 Å². The topological polar surface area (TPSA) is 30.5 Å². The molecule has 0 radical (unpaired) electrons. The second-order valence-electron chi connectivity index (χ2n) is 3.95. The third-order valence-corrected chi connectivity index (χ3v) is 2.66. The van der Waals surface area contributed by atoms with Crippen LogP contribution in [0, 0.1) is 6.92 Å². The number of hydrogen-bond acceptors (Lipinski definition) is 3. The molecule has 3 heteroatoms. The molecule has 1 N–H and O–H groups in total. The summed E-state index contributed by atoms with van der Waals surface area (Å²) in [4.78, 5) is 0. The summed E-state index contributed by atoms with van der Waals surface area (Å²) >= 11 is 0. The molecule has 0 heterocycles. The lowest BCUT2D eigenvalue weighted by molar-refractivity contribution is -0.0997. The quantitative estimate of drug-likeness (QED) is 0.750. The van der Waals surface area contributed by atoms with E-state index in [1.54, 1.807) is 14.2 Å². The van der Waals surface area contributed by atoms with Crippen molar-refractivity contribution in [1.82, 2.24) is 5.32 Å². The average Bonchev–Trinajstić information content (AvgIpc) is 2.30. The summed E-state index contributed by atoms with van der Waals surface area (Å²) in [6, 6.07) is 8.79. The van der Waals surface area contributed by atoms with E-state index in [2.05, 4.69) is 43.4 Å². The fraction of sp³-hybridized carbons (Fsp3) is 0.538. The number of hydrogen-bond donors (Lipinski definition) is 1. The highest BCUT2D eigenvalue weighted by Gasteiger charge is 2.09. The molecule has 0 aliphatic rings. The Morgan fingerprint density at radius 1 is 1.25 bits per heavy atom.